The van der Waals surface area contributed by atoms with Gasteiger partial charge in [-0.3, -0.25) is 39.2 Å². The highest BCUT2D eigenvalue weighted by atomic mass is 35.5. The van der Waals surface area contributed by atoms with E-state index in [4.69, 9.17) is 65.8 Å². The van der Waals surface area contributed by atoms with Gasteiger partial charge >= 0.3 is 24.2 Å². The standard InChI is InChI=1S/C36H38ClN9O2.C31H35ClN6O4.C30H36ClN7O2/c1-36(2,3)43-34(47)42-32(30-21-39-22-44(30)5)29-19-23-7-6-14-40-31(23)33(27-13-8-24(37)20-28(27)29)45-15-17-46(18-16-45)35(48)41-26-11-9-25(38-4)10-12-26;1-20(39)35-29(27-18-33-19-36(27)2)26-16-21-4-3-9-34-28(21)30(24-6-5-22(32)17-25(24)26)37-10-12-38(13-11-37)31(40)42-23-7-14-41-15-8-23;1-19(39)34-27(25-17-32-18-36(25)5)24-15-20-7-6-10-33-26(20)28(22-9-8-21(31)16-23(22)24)37-11-13-38(14-12-37)29(40)35-30(2,3)4/h6-14,19-22,32-33H,15-18H2,1-3,5H3,(H,41,48)(H2,42,43,47);3-6,9,16-19,23,29-30H,7-8,10-15H2,1-2H3,(H,35,39);6-10,15-18,27-28H,11-14H2,1-5H3,(H,34,39)(H,35,40)/t32?,33-;29?,30-;27?,28-/m000/s1. The van der Waals surface area contributed by atoms with Crippen LogP contribution in [0.25, 0.3) is 39.8 Å². The molecule has 33 heteroatoms. The van der Waals surface area contributed by atoms with E-state index >= 15 is 0 Å². The first-order valence-electron chi connectivity index (χ1n) is 43.7. The molecule has 30 nitrogen and oxygen atoms in total. The number of urea groups is 3. The Balaban J connectivity index is 0.000000150. The summed E-state index contributed by atoms with van der Waals surface area (Å²) in [7, 11) is 5.74. The number of hydrogen-bond acceptors (Lipinski definition) is 17. The molecule has 4 fully saturated rings. The fraction of sp³-hybridized carbons (Fsp3) is 0.371. The van der Waals surface area contributed by atoms with Crippen molar-refractivity contribution in [2.75, 3.05) is 97.1 Å². The molecule has 0 spiro atoms. The quantitative estimate of drug-likeness (QED) is 0.0551. The molecule has 130 heavy (non-hydrogen) atoms. The summed E-state index contributed by atoms with van der Waals surface area (Å²) in [6.45, 7) is 30.5. The number of anilines is 1. The zero-order valence-electron chi connectivity index (χ0n) is 74.8. The van der Waals surface area contributed by atoms with E-state index in [0.29, 0.717) is 118 Å². The molecule has 4 aliphatic heterocycles. The Morgan fingerprint density at radius 1 is 0.469 bits per heavy atom. The number of carbonyl (C=O) groups is 6. The molecule has 6 aromatic heterocycles. The first-order chi connectivity index (χ1) is 62.4. The van der Waals surface area contributed by atoms with Gasteiger partial charge in [0.05, 0.1) is 128 Å². The number of ether oxygens (including phenoxy) is 2. The lowest BCUT2D eigenvalue weighted by Crippen LogP contribution is -2.55. The molecule has 0 radical (unpaired) electrons. The Bertz CT molecular complexity index is 5970. The number of nitrogens with one attached hydrogen (secondary N) is 6. The number of rotatable bonds is 14. The summed E-state index contributed by atoms with van der Waals surface area (Å²) in [6.07, 6.45) is 23.4. The number of fused-ring (bicyclic) bond motifs is 6. The number of benzene rings is 4. The van der Waals surface area contributed by atoms with Crippen molar-refractivity contribution in [3.05, 3.63) is 282 Å². The molecule has 676 valence electrons. The summed E-state index contributed by atoms with van der Waals surface area (Å²) >= 11 is 19.9. The molecule has 17 rings (SSSR count). The van der Waals surface area contributed by atoms with Crippen LogP contribution in [0.3, 0.4) is 0 Å². The second kappa shape index (κ2) is 40.2. The summed E-state index contributed by atoms with van der Waals surface area (Å²) in [4.78, 5) is 121. The first kappa shape index (κ1) is 92.1. The van der Waals surface area contributed by atoms with Crippen molar-refractivity contribution in [2.45, 2.75) is 122 Å². The second-order valence-electron chi connectivity index (χ2n) is 35.5. The maximum Gasteiger partial charge on any atom is 0.410 e. The number of aromatic nitrogens is 9. The Morgan fingerprint density at radius 3 is 1.18 bits per heavy atom. The van der Waals surface area contributed by atoms with Gasteiger partial charge in [-0.2, -0.15) is 0 Å². The van der Waals surface area contributed by atoms with E-state index in [9.17, 15) is 28.8 Å². The lowest BCUT2D eigenvalue weighted by atomic mass is 9.89. The van der Waals surface area contributed by atoms with E-state index in [1.807, 2.05) is 160 Å². The fourth-order valence-corrected chi connectivity index (χ4v) is 18.5. The Hall–Kier alpha value is -12.6. The largest absolute Gasteiger partial charge is 0.446 e. The Kier molecular flexibility index (Phi) is 28.5. The molecule has 0 bridgehead atoms. The number of amides is 9. The van der Waals surface area contributed by atoms with Crippen molar-refractivity contribution < 1.29 is 38.2 Å². The van der Waals surface area contributed by atoms with E-state index in [0.717, 1.165) is 114 Å². The summed E-state index contributed by atoms with van der Waals surface area (Å²) in [5.41, 5.74) is 17.1. The van der Waals surface area contributed by atoms with Gasteiger partial charge in [-0.15, -0.1) is 0 Å². The van der Waals surface area contributed by atoms with Crippen LogP contribution in [0, 0.1) is 6.57 Å². The molecule has 10 aromatic rings. The molecule has 9 amide bonds. The monoisotopic (exact) mass is 1810 g/mol. The molecule has 7 aliphatic rings. The average molecular weight is 1820 g/mol. The highest BCUT2D eigenvalue weighted by molar-refractivity contribution is 6.31. The minimum Gasteiger partial charge on any atom is -0.446 e. The van der Waals surface area contributed by atoms with Crippen LogP contribution >= 0.6 is 34.8 Å². The van der Waals surface area contributed by atoms with Gasteiger partial charge in [0, 0.05) is 177 Å². The van der Waals surface area contributed by atoms with E-state index in [1.54, 1.807) is 77.8 Å². The lowest BCUT2D eigenvalue weighted by molar-refractivity contribution is -0.120. The zero-order valence-corrected chi connectivity index (χ0v) is 77.1. The number of imidazole rings is 3. The third-order valence-corrected chi connectivity index (χ3v) is 24.8. The Labute approximate surface area is 772 Å². The van der Waals surface area contributed by atoms with Crippen LogP contribution in [0.4, 0.5) is 30.6 Å². The number of nitrogens with zero attached hydrogens (tertiary/aromatic N) is 16. The van der Waals surface area contributed by atoms with E-state index < -0.39 is 23.7 Å². The van der Waals surface area contributed by atoms with Crippen LogP contribution in [0.1, 0.15) is 189 Å². The molecule has 6 atom stereocenters. The predicted octanol–water partition coefficient (Wildman–Crippen LogP) is 15.3. The van der Waals surface area contributed by atoms with Gasteiger partial charge in [0.1, 0.15) is 6.10 Å². The number of piperazine rings is 3. The zero-order chi connectivity index (χ0) is 91.8. The van der Waals surface area contributed by atoms with Crippen molar-refractivity contribution in [3.8, 4) is 0 Å². The third kappa shape index (κ3) is 21.4. The van der Waals surface area contributed by atoms with Crippen LogP contribution in [0.2, 0.25) is 15.1 Å². The number of aryl methyl sites for hydroxylation is 3. The number of halogens is 3. The Morgan fingerprint density at radius 2 is 0.831 bits per heavy atom. The van der Waals surface area contributed by atoms with Gasteiger partial charge in [0.15, 0.2) is 5.69 Å². The van der Waals surface area contributed by atoms with Crippen LogP contribution < -0.4 is 31.9 Å². The van der Waals surface area contributed by atoms with E-state index in [-0.39, 0.29) is 65.8 Å². The van der Waals surface area contributed by atoms with Gasteiger partial charge in [-0.05, 0) is 193 Å². The van der Waals surface area contributed by atoms with Crippen molar-refractivity contribution in [1.82, 2.24) is 99.6 Å². The van der Waals surface area contributed by atoms with Gasteiger partial charge in [0.25, 0.3) is 0 Å². The van der Waals surface area contributed by atoms with Crippen LogP contribution in [-0.4, -0.2) is 218 Å². The lowest BCUT2D eigenvalue weighted by Gasteiger charge is -2.40. The van der Waals surface area contributed by atoms with E-state index in [1.165, 1.54) is 13.8 Å². The summed E-state index contributed by atoms with van der Waals surface area (Å²) in [6, 6.07) is 34.0. The highest BCUT2D eigenvalue weighted by Crippen LogP contribution is 2.49. The van der Waals surface area contributed by atoms with Crippen LogP contribution in [0.15, 0.2) is 171 Å². The van der Waals surface area contributed by atoms with Crippen LogP contribution in [-0.2, 0) is 40.2 Å². The highest BCUT2D eigenvalue weighted by Gasteiger charge is 2.42. The minimum atomic E-state index is -0.562. The molecule has 3 unspecified atom stereocenters. The summed E-state index contributed by atoms with van der Waals surface area (Å²) < 4.78 is 16.9. The topological polar surface area (TPSA) is 309 Å². The second-order valence-corrected chi connectivity index (χ2v) is 36.8. The van der Waals surface area contributed by atoms with Gasteiger partial charge < -0.3 is 69.8 Å². The SMILES string of the molecule is CC(=O)NC(C1=Cc2cccnc2[C@@H](N2CCN(C(=O)NC(C)(C)C)CC2)c2ccc(Cl)cc21)c1cncn1C.CC(=O)NC(C1=Cc2cccnc2[C@@H](N2CCN(C(=O)OC3CCOCC3)CC2)c2ccc(Cl)cc21)c1cncn1C.[C-]#[N+]c1ccc(NC(=O)N2CCN([C@H]3c4ccc(Cl)cc4C(C(NC(=O)NC(C)(C)C)c4cncn4C)=Cc4cccnc43)CC2)cc1. The molecular formula is C97H109Cl3N22O8. The average Bonchev–Trinajstić information content (AvgIpc) is 1.64. The first-order valence-corrected chi connectivity index (χ1v) is 44.8. The molecule has 10 heterocycles. The van der Waals surface area contributed by atoms with Crippen molar-refractivity contribution in [3.63, 3.8) is 0 Å². The van der Waals surface area contributed by atoms with Crippen LogP contribution in [0.5, 0.6) is 0 Å². The van der Waals surface area contributed by atoms with Crippen molar-refractivity contribution in [1.29, 1.82) is 0 Å². The molecular weight excluding hydrogens is 1710 g/mol. The number of hydrogen-bond donors (Lipinski definition) is 6. The van der Waals surface area contributed by atoms with Crippen molar-refractivity contribution in [2.24, 2.45) is 21.1 Å². The smallest absolute Gasteiger partial charge is 0.410 e. The maximum absolute atomic E-state index is 13.4. The van der Waals surface area contributed by atoms with Gasteiger partial charge in [0.2, 0.25) is 11.8 Å². The predicted molar refractivity (Wildman–Crippen MR) is 503 cm³/mol. The number of pyridine rings is 3. The fourth-order valence-electron chi connectivity index (χ4n) is 17.9. The van der Waals surface area contributed by atoms with Crippen molar-refractivity contribution >= 4 is 117 Å². The minimum absolute atomic E-state index is 0.0444. The summed E-state index contributed by atoms with van der Waals surface area (Å²) in [5.74, 6) is -0.297. The molecule has 0 saturated carbocycles. The summed E-state index contributed by atoms with van der Waals surface area (Å²) in [5, 5.41) is 20.4. The molecule has 4 saturated heterocycles. The normalized spacial score (nSPS) is 18.3. The molecule has 6 N–H and O–H groups in total. The maximum atomic E-state index is 13.4. The number of carbonyl (C=O) groups excluding carboxylic acids is 6. The van der Waals surface area contributed by atoms with Gasteiger partial charge in [-0.1, -0.05) is 83.3 Å². The van der Waals surface area contributed by atoms with Gasteiger partial charge in [-0.25, -0.2) is 39.0 Å². The third-order valence-electron chi connectivity index (χ3n) is 24.1. The molecule has 4 aromatic carbocycles. The molecule has 3 aliphatic carbocycles. The van der Waals surface area contributed by atoms with E-state index in [2.05, 4.69) is 109 Å².